The van der Waals surface area contributed by atoms with E-state index < -0.39 is 5.97 Å². The largest absolute Gasteiger partial charge is 0.491 e. The minimum Gasteiger partial charge on any atom is -0.491 e. The zero-order chi connectivity index (χ0) is 13.1. The van der Waals surface area contributed by atoms with E-state index in [0.29, 0.717) is 18.6 Å². The maximum atomic E-state index is 11.7. The molecule has 0 spiro atoms. The molecule has 0 radical (unpaired) electrons. The molecule has 1 amide bonds. The molecular formula is C13H15NO4. The number of ether oxygens (including phenoxy) is 1. The third kappa shape index (κ3) is 2.45. The molecule has 0 fully saturated rings. The van der Waals surface area contributed by atoms with Gasteiger partial charge < -0.3 is 14.7 Å². The second-order valence-corrected chi connectivity index (χ2v) is 4.21. The van der Waals surface area contributed by atoms with Gasteiger partial charge in [-0.3, -0.25) is 9.59 Å². The fourth-order valence-electron chi connectivity index (χ4n) is 2.05. The zero-order valence-corrected chi connectivity index (χ0v) is 10.2. The molecule has 2 rings (SSSR count). The lowest BCUT2D eigenvalue weighted by atomic mass is 10.0. The Morgan fingerprint density at radius 3 is 2.94 bits per heavy atom. The average Bonchev–Trinajstić information content (AvgIpc) is 2.33. The number of fused-ring (bicyclic) bond motifs is 1. The first-order valence-corrected chi connectivity index (χ1v) is 5.82. The van der Waals surface area contributed by atoms with Gasteiger partial charge in [-0.1, -0.05) is 12.1 Å². The van der Waals surface area contributed by atoms with Gasteiger partial charge >= 0.3 is 5.97 Å². The molecule has 1 aromatic rings. The van der Waals surface area contributed by atoms with Crippen LogP contribution in [0.1, 0.15) is 18.4 Å². The van der Waals surface area contributed by atoms with Crippen molar-refractivity contribution in [2.24, 2.45) is 0 Å². The van der Waals surface area contributed by atoms with Crippen LogP contribution in [0.25, 0.3) is 0 Å². The first-order chi connectivity index (χ1) is 8.59. The molecule has 0 bridgehead atoms. The lowest BCUT2D eigenvalue weighted by Gasteiger charge is -2.27. The van der Waals surface area contributed by atoms with Gasteiger partial charge in [-0.25, -0.2) is 0 Å². The van der Waals surface area contributed by atoms with Gasteiger partial charge in [0.2, 0.25) is 5.91 Å². The van der Waals surface area contributed by atoms with E-state index in [1.54, 1.807) is 18.0 Å². The van der Waals surface area contributed by atoms with Crippen LogP contribution < -0.4 is 9.64 Å². The lowest BCUT2D eigenvalue weighted by molar-refractivity contribution is -0.137. The van der Waals surface area contributed by atoms with Gasteiger partial charge in [-0.2, -0.15) is 0 Å². The normalized spacial score (nSPS) is 14.3. The van der Waals surface area contributed by atoms with Crippen molar-refractivity contribution in [2.75, 3.05) is 18.6 Å². The van der Waals surface area contributed by atoms with Crippen LogP contribution in [0.15, 0.2) is 18.2 Å². The molecule has 0 aromatic heterocycles. The average molecular weight is 249 g/mol. The maximum absolute atomic E-state index is 11.7. The molecule has 0 saturated heterocycles. The Morgan fingerprint density at radius 2 is 2.22 bits per heavy atom. The van der Waals surface area contributed by atoms with Gasteiger partial charge in [0.15, 0.2) is 0 Å². The molecule has 1 heterocycles. The van der Waals surface area contributed by atoms with Gasteiger partial charge in [-0.05, 0) is 18.1 Å². The summed E-state index contributed by atoms with van der Waals surface area (Å²) >= 11 is 0. The van der Waals surface area contributed by atoms with Crippen LogP contribution in [0.3, 0.4) is 0 Å². The molecule has 0 aliphatic carbocycles. The summed E-state index contributed by atoms with van der Waals surface area (Å²) in [6, 6.07) is 5.58. The van der Waals surface area contributed by atoms with Crippen LogP contribution in [0.2, 0.25) is 0 Å². The van der Waals surface area contributed by atoms with Gasteiger partial charge in [0.05, 0.1) is 18.7 Å². The van der Waals surface area contributed by atoms with E-state index in [0.717, 1.165) is 11.3 Å². The minimum absolute atomic E-state index is 0.0526. The summed E-state index contributed by atoms with van der Waals surface area (Å²) in [4.78, 5) is 23.7. The van der Waals surface area contributed by atoms with Crippen LogP contribution in [0.5, 0.6) is 5.75 Å². The Balaban J connectivity index is 2.21. The number of benzene rings is 1. The third-order valence-electron chi connectivity index (χ3n) is 2.97. The molecule has 0 saturated carbocycles. The molecule has 1 N–H and O–H groups in total. The second-order valence-electron chi connectivity index (χ2n) is 4.21. The Hall–Kier alpha value is -2.04. The highest BCUT2D eigenvalue weighted by atomic mass is 16.5. The van der Waals surface area contributed by atoms with Crippen molar-refractivity contribution >= 4 is 17.6 Å². The van der Waals surface area contributed by atoms with Crippen molar-refractivity contribution in [3.8, 4) is 5.75 Å². The third-order valence-corrected chi connectivity index (χ3v) is 2.97. The van der Waals surface area contributed by atoms with Crippen molar-refractivity contribution in [1.29, 1.82) is 0 Å². The van der Waals surface area contributed by atoms with Crippen molar-refractivity contribution in [3.05, 3.63) is 23.8 Å². The molecule has 0 unspecified atom stereocenters. The van der Waals surface area contributed by atoms with Crippen molar-refractivity contribution in [3.63, 3.8) is 0 Å². The number of carboxylic acids is 1. The van der Waals surface area contributed by atoms with Gasteiger partial charge in [0.1, 0.15) is 5.75 Å². The van der Waals surface area contributed by atoms with E-state index >= 15 is 0 Å². The quantitative estimate of drug-likeness (QED) is 0.877. The van der Waals surface area contributed by atoms with Crippen LogP contribution in [0, 0.1) is 0 Å². The van der Waals surface area contributed by atoms with E-state index in [2.05, 4.69) is 0 Å². The summed E-state index contributed by atoms with van der Waals surface area (Å²) in [5.74, 6) is -0.273. The summed E-state index contributed by atoms with van der Waals surface area (Å²) in [6.45, 7) is 0.105. The summed E-state index contributed by atoms with van der Waals surface area (Å²) in [7, 11) is 1.71. The van der Waals surface area contributed by atoms with Crippen LogP contribution in [-0.4, -0.2) is 30.6 Å². The first-order valence-electron chi connectivity index (χ1n) is 5.82. The van der Waals surface area contributed by atoms with E-state index in [4.69, 9.17) is 9.84 Å². The number of carbonyl (C=O) groups is 2. The topological polar surface area (TPSA) is 66.8 Å². The number of anilines is 1. The molecule has 1 aromatic carbocycles. The smallest absolute Gasteiger partial charge is 0.306 e. The van der Waals surface area contributed by atoms with Crippen molar-refractivity contribution < 1.29 is 19.4 Å². The lowest BCUT2D eigenvalue weighted by Crippen LogP contribution is -2.31. The highest BCUT2D eigenvalue weighted by molar-refractivity contribution is 5.97. The summed E-state index contributed by atoms with van der Waals surface area (Å²) in [6.07, 6.45) is 1.15. The SMILES string of the molecule is CN1C(=O)CCc2cccc(OCCC(=O)O)c21. The number of carboxylic acid groups (broad SMARTS) is 1. The van der Waals surface area contributed by atoms with Crippen molar-refractivity contribution in [2.45, 2.75) is 19.3 Å². The molecule has 5 nitrogen and oxygen atoms in total. The summed E-state index contributed by atoms with van der Waals surface area (Å²) < 4.78 is 5.46. The van der Waals surface area contributed by atoms with E-state index in [1.165, 1.54) is 0 Å². The second kappa shape index (κ2) is 5.08. The molecule has 1 aliphatic rings. The summed E-state index contributed by atoms with van der Waals surface area (Å²) in [5, 5.41) is 8.58. The van der Waals surface area contributed by atoms with E-state index in [-0.39, 0.29) is 18.9 Å². The number of aryl methyl sites for hydroxylation is 1. The van der Waals surface area contributed by atoms with Crippen molar-refractivity contribution in [1.82, 2.24) is 0 Å². The van der Waals surface area contributed by atoms with Gasteiger partial charge in [-0.15, -0.1) is 0 Å². The van der Waals surface area contributed by atoms with E-state index in [9.17, 15) is 9.59 Å². The minimum atomic E-state index is -0.899. The predicted octanol–water partition coefficient (Wildman–Crippen LogP) is 1.45. The number of rotatable bonds is 4. The molecular weight excluding hydrogens is 234 g/mol. The molecule has 1 aliphatic heterocycles. The fourth-order valence-corrected chi connectivity index (χ4v) is 2.05. The molecule has 0 atom stereocenters. The van der Waals surface area contributed by atoms with Gasteiger partial charge in [0.25, 0.3) is 0 Å². The maximum Gasteiger partial charge on any atom is 0.306 e. The zero-order valence-electron chi connectivity index (χ0n) is 10.2. The Morgan fingerprint density at radius 1 is 1.44 bits per heavy atom. The predicted molar refractivity (Wildman–Crippen MR) is 65.9 cm³/mol. The first kappa shape index (κ1) is 12.4. The number of hydrogen-bond acceptors (Lipinski definition) is 3. The number of aliphatic carboxylic acids is 1. The Kier molecular flexibility index (Phi) is 3.50. The number of amides is 1. The van der Waals surface area contributed by atoms with Crippen LogP contribution in [0.4, 0.5) is 5.69 Å². The Bertz CT molecular complexity index is 484. The molecule has 96 valence electrons. The fraction of sp³-hybridized carbons (Fsp3) is 0.385. The molecule has 5 heteroatoms. The Labute approximate surface area is 105 Å². The molecule has 18 heavy (non-hydrogen) atoms. The number of nitrogens with zero attached hydrogens (tertiary/aromatic N) is 1. The van der Waals surface area contributed by atoms with Crippen LogP contribution in [-0.2, 0) is 16.0 Å². The van der Waals surface area contributed by atoms with Gasteiger partial charge in [0, 0.05) is 13.5 Å². The monoisotopic (exact) mass is 249 g/mol. The van der Waals surface area contributed by atoms with Crippen LogP contribution >= 0.6 is 0 Å². The van der Waals surface area contributed by atoms with E-state index in [1.807, 2.05) is 12.1 Å². The highest BCUT2D eigenvalue weighted by Gasteiger charge is 2.24. The standard InChI is InChI=1S/C13H15NO4/c1-14-11(15)6-5-9-3-2-4-10(13(9)14)18-8-7-12(16)17/h2-4H,5-8H2,1H3,(H,16,17). The highest BCUT2D eigenvalue weighted by Crippen LogP contribution is 2.35. The number of carbonyl (C=O) groups excluding carboxylic acids is 1. The number of para-hydroxylation sites is 1. The number of hydrogen-bond donors (Lipinski definition) is 1. The summed E-state index contributed by atoms with van der Waals surface area (Å²) in [5.41, 5.74) is 1.82.